The van der Waals surface area contributed by atoms with Crippen molar-refractivity contribution in [2.24, 2.45) is 0 Å². The van der Waals surface area contributed by atoms with E-state index in [0.29, 0.717) is 5.75 Å². The highest BCUT2D eigenvalue weighted by Gasteiger charge is 2.53. The maximum atomic E-state index is 10.9. The Bertz CT molecular complexity index is 825. The lowest BCUT2D eigenvalue weighted by Gasteiger charge is -2.48. The second-order valence-electron chi connectivity index (χ2n) is 12.4. The highest BCUT2D eigenvalue weighted by molar-refractivity contribution is 7.99. The van der Waals surface area contributed by atoms with E-state index < -0.39 is 111 Å². The van der Waals surface area contributed by atoms with Gasteiger partial charge >= 0.3 is 0 Å². The molecule has 46 heavy (non-hydrogen) atoms. The van der Waals surface area contributed by atoms with Gasteiger partial charge in [0.2, 0.25) is 0 Å². The molecule has 3 heterocycles. The third-order valence-corrected chi connectivity index (χ3v) is 10.1. The summed E-state index contributed by atoms with van der Waals surface area (Å²) >= 11 is 1.33. The minimum absolute atomic E-state index is 0.596. The molecule has 10 N–H and O–H groups in total. The number of rotatable bonds is 19. The van der Waals surface area contributed by atoms with Crippen molar-refractivity contribution in [2.75, 3.05) is 25.6 Å². The van der Waals surface area contributed by atoms with Gasteiger partial charge in [-0.1, -0.05) is 64.7 Å². The predicted molar refractivity (Wildman–Crippen MR) is 163 cm³/mol. The molecule has 0 saturated carbocycles. The van der Waals surface area contributed by atoms with Gasteiger partial charge in [-0.15, -0.1) is 11.8 Å². The van der Waals surface area contributed by atoms with Crippen LogP contribution in [0, 0.1) is 0 Å². The van der Waals surface area contributed by atoms with Gasteiger partial charge in [-0.25, -0.2) is 0 Å². The average molecular weight is 689 g/mol. The first-order valence-corrected chi connectivity index (χ1v) is 17.6. The highest BCUT2D eigenvalue weighted by atomic mass is 32.2. The second-order valence-corrected chi connectivity index (χ2v) is 13.6. The summed E-state index contributed by atoms with van der Waals surface area (Å²) in [6.07, 6.45) is -10.1. The molecule has 15 nitrogen and oxygen atoms in total. The van der Waals surface area contributed by atoms with Crippen LogP contribution in [0.2, 0.25) is 0 Å². The fourth-order valence-corrected chi connectivity index (χ4v) is 7.15. The number of hydrogen-bond donors (Lipinski definition) is 10. The number of hydrogen-bond acceptors (Lipinski definition) is 16. The van der Waals surface area contributed by atoms with Gasteiger partial charge in [0.15, 0.2) is 12.6 Å². The normalized spacial score (nSPS) is 41.9. The first kappa shape index (κ1) is 40.2. The van der Waals surface area contributed by atoms with Crippen LogP contribution in [0.3, 0.4) is 0 Å². The van der Waals surface area contributed by atoms with Crippen LogP contribution in [0.4, 0.5) is 0 Å². The number of unbranched alkanes of at least 4 members (excludes halogenated alkanes) is 9. The molecule has 0 bridgehead atoms. The third-order valence-electron chi connectivity index (χ3n) is 8.85. The van der Waals surface area contributed by atoms with E-state index in [0.717, 1.165) is 19.3 Å². The Labute approximate surface area is 274 Å². The van der Waals surface area contributed by atoms with Crippen LogP contribution >= 0.6 is 11.8 Å². The summed E-state index contributed by atoms with van der Waals surface area (Å²) in [5.41, 5.74) is -0.838. The lowest BCUT2D eigenvalue weighted by Crippen LogP contribution is -2.66. The molecule has 3 rings (SSSR count). The fourth-order valence-electron chi connectivity index (χ4n) is 5.97. The van der Waals surface area contributed by atoms with E-state index in [1.54, 1.807) is 0 Å². The summed E-state index contributed by atoms with van der Waals surface area (Å²) in [6.45, 7) is 0.107. The Hall–Kier alpha value is -0.250. The molecular formula is C30H56O15S. The van der Waals surface area contributed by atoms with E-state index in [1.165, 1.54) is 56.7 Å². The van der Waals surface area contributed by atoms with E-state index >= 15 is 0 Å². The smallest absolute Gasteiger partial charge is 0.187 e. The molecule has 0 amide bonds. The SMILES string of the molecule is CCCCCCCCCCCCS[C@@H]1O[C@H](CO)[C@@H](O[C@@H]2O[C@H](CO)[C@@H](O[C@@H]3O[C@H](CO)[C@H](O)[C@H](O)[C@H]3O)[C@H](O)[C@H]2O)[C@H](O)[C@H]1O. The Kier molecular flexibility index (Phi) is 17.8. The predicted octanol–water partition coefficient (Wildman–Crippen LogP) is -1.91. The first-order chi connectivity index (χ1) is 22.1. The van der Waals surface area contributed by atoms with Crippen molar-refractivity contribution in [3.05, 3.63) is 0 Å². The van der Waals surface area contributed by atoms with Crippen molar-refractivity contribution in [2.45, 2.75) is 162 Å². The Morgan fingerprint density at radius 3 is 1.43 bits per heavy atom. The van der Waals surface area contributed by atoms with Gasteiger partial charge in [-0.05, 0) is 12.2 Å². The molecule has 0 aromatic rings. The van der Waals surface area contributed by atoms with Crippen molar-refractivity contribution in [3.63, 3.8) is 0 Å². The van der Waals surface area contributed by atoms with Crippen LogP contribution in [-0.4, -0.2) is 168 Å². The first-order valence-electron chi connectivity index (χ1n) is 16.6. The van der Waals surface area contributed by atoms with E-state index in [9.17, 15) is 51.1 Å². The van der Waals surface area contributed by atoms with E-state index in [2.05, 4.69) is 6.92 Å². The lowest BCUT2D eigenvalue weighted by atomic mass is 9.96. The van der Waals surface area contributed by atoms with Crippen LogP contribution < -0.4 is 0 Å². The molecule has 15 atom stereocenters. The molecule has 0 aliphatic carbocycles. The molecule has 16 heteroatoms. The molecular weight excluding hydrogens is 632 g/mol. The second kappa shape index (κ2) is 20.4. The van der Waals surface area contributed by atoms with E-state index in [1.807, 2.05) is 0 Å². The van der Waals surface area contributed by atoms with Crippen LogP contribution in [0.5, 0.6) is 0 Å². The monoisotopic (exact) mass is 688 g/mol. The zero-order chi connectivity index (χ0) is 33.8. The number of thioether (sulfide) groups is 1. The van der Waals surface area contributed by atoms with Gasteiger partial charge < -0.3 is 74.7 Å². The maximum Gasteiger partial charge on any atom is 0.187 e. The van der Waals surface area contributed by atoms with Gasteiger partial charge in [0.25, 0.3) is 0 Å². The van der Waals surface area contributed by atoms with Crippen LogP contribution in [0.25, 0.3) is 0 Å². The molecule has 3 aliphatic heterocycles. The summed E-state index contributed by atoms with van der Waals surface area (Å²) in [5, 5.41) is 103. The summed E-state index contributed by atoms with van der Waals surface area (Å²) in [4.78, 5) is 0. The highest BCUT2D eigenvalue weighted by Crippen LogP contribution is 2.34. The largest absolute Gasteiger partial charge is 0.394 e. The van der Waals surface area contributed by atoms with E-state index in [-0.39, 0.29) is 0 Å². The molecule has 3 saturated heterocycles. The van der Waals surface area contributed by atoms with Gasteiger partial charge in [0.1, 0.15) is 78.7 Å². The molecule has 3 fully saturated rings. The zero-order valence-corrected chi connectivity index (χ0v) is 27.3. The zero-order valence-electron chi connectivity index (χ0n) is 26.5. The van der Waals surface area contributed by atoms with Crippen molar-refractivity contribution in [3.8, 4) is 0 Å². The molecule has 0 aromatic carbocycles. The van der Waals surface area contributed by atoms with Crippen LogP contribution in [0.1, 0.15) is 71.1 Å². The molecule has 0 unspecified atom stereocenters. The van der Waals surface area contributed by atoms with Crippen LogP contribution in [0.15, 0.2) is 0 Å². The lowest BCUT2D eigenvalue weighted by molar-refractivity contribution is -0.371. The molecule has 272 valence electrons. The Morgan fingerprint density at radius 2 is 0.913 bits per heavy atom. The average Bonchev–Trinajstić information content (AvgIpc) is 3.06. The number of aliphatic hydroxyl groups is 10. The summed E-state index contributed by atoms with van der Waals surface area (Å²) in [7, 11) is 0. The van der Waals surface area contributed by atoms with Crippen molar-refractivity contribution < 1.29 is 74.7 Å². The maximum absolute atomic E-state index is 10.9. The summed E-state index contributed by atoms with van der Waals surface area (Å²) < 4.78 is 28.0. The third kappa shape index (κ3) is 10.6. The van der Waals surface area contributed by atoms with Gasteiger partial charge in [-0.2, -0.15) is 0 Å². The van der Waals surface area contributed by atoms with Crippen molar-refractivity contribution in [1.82, 2.24) is 0 Å². The molecule has 0 aromatic heterocycles. The fraction of sp³-hybridized carbons (Fsp3) is 1.00. The van der Waals surface area contributed by atoms with E-state index in [4.69, 9.17) is 23.7 Å². The Morgan fingerprint density at radius 1 is 0.478 bits per heavy atom. The number of ether oxygens (including phenoxy) is 5. The molecule has 0 radical (unpaired) electrons. The molecule has 0 spiro atoms. The van der Waals surface area contributed by atoms with Gasteiger partial charge in [0.05, 0.1) is 19.8 Å². The number of aliphatic hydroxyl groups excluding tert-OH is 10. The minimum Gasteiger partial charge on any atom is -0.394 e. The quantitative estimate of drug-likeness (QED) is 0.0665. The summed E-state index contributed by atoms with van der Waals surface area (Å²) in [5.74, 6) is 0.680. The standard InChI is InChI=1S/C30H56O15S/c1-2-3-4-5-6-7-8-9-10-11-12-46-30-25(40)22(37)27(18(15-33)43-30)45-29-24(39)21(36)26(17(14-32)42-29)44-28-23(38)20(35)19(34)16(13-31)41-28/h16-40H,2-15H2,1H3/t16-,17-,18-,19+,20+,21-,22-,23-,24-,25-,26-,27-,28+,29+,30+/m1/s1. The van der Waals surface area contributed by atoms with Crippen molar-refractivity contribution in [1.29, 1.82) is 0 Å². The van der Waals surface area contributed by atoms with Gasteiger partial charge in [0, 0.05) is 0 Å². The minimum atomic E-state index is -1.86. The topological polar surface area (TPSA) is 248 Å². The van der Waals surface area contributed by atoms with Crippen LogP contribution in [-0.2, 0) is 23.7 Å². The summed E-state index contributed by atoms with van der Waals surface area (Å²) in [6, 6.07) is 0. The Balaban J connectivity index is 1.50. The van der Waals surface area contributed by atoms with Crippen molar-refractivity contribution >= 4 is 11.8 Å². The van der Waals surface area contributed by atoms with Gasteiger partial charge in [-0.3, -0.25) is 0 Å². The molecule has 3 aliphatic rings.